The number of benzene rings is 4. The Bertz CT molecular complexity index is 2200. The van der Waals surface area contributed by atoms with Gasteiger partial charge < -0.3 is 14.6 Å². The van der Waals surface area contributed by atoms with E-state index in [2.05, 4.69) is 17.1 Å². The summed E-state index contributed by atoms with van der Waals surface area (Å²) in [5, 5.41) is 35.3. The van der Waals surface area contributed by atoms with Gasteiger partial charge in [-0.05, 0) is 48.2 Å². The van der Waals surface area contributed by atoms with Gasteiger partial charge in [-0.2, -0.15) is 10.5 Å². The van der Waals surface area contributed by atoms with Crippen molar-refractivity contribution < 1.29 is 19.2 Å². The molecule has 0 saturated carbocycles. The Balaban J connectivity index is 1.64. The zero-order valence-corrected chi connectivity index (χ0v) is 26.1. The molecule has 4 aromatic carbocycles. The number of aryl methyl sites for hydroxylation is 1. The van der Waals surface area contributed by atoms with E-state index in [4.69, 9.17) is 4.74 Å². The molecule has 1 amide bonds. The number of aromatic amines is 1. The third-order valence-electron chi connectivity index (χ3n) is 9.79. The first-order valence-electron chi connectivity index (χ1n) is 15.5. The molecule has 7 rings (SSSR count). The van der Waals surface area contributed by atoms with Crippen molar-refractivity contribution in [3.63, 3.8) is 0 Å². The Hall–Kier alpha value is -6.26. The van der Waals surface area contributed by atoms with Crippen molar-refractivity contribution in [3.8, 4) is 12.1 Å². The van der Waals surface area contributed by atoms with Gasteiger partial charge in [0.2, 0.25) is 5.91 Å². The smallest absolute Gasteiger partial charge is 0.316 e. The van der Waals surface area contributed by atoms with Gasteiger partial charge in [0.05, 0.1) is 30.2 Å². The van der Waals surface area contributed by atoms with Crippen LogP contribution >= 0.6 is 0 Å². The highest BCUT2D eigenvalue weighted by Gasteiger charge is 2.76. The third kappa shape index (κ3) is 4.02. The first-order chi connectivity index (χ1) is 23.2. The first-order valence-corrected chi connectivity index (χ1v) is 15.5. The molecule has 2 heterocycles. The van der Waals surface area contributed by atoms with Crippen molar-refractivity contribution in [2.24, 2.45) is 5.41 Å². The van der Waals surface area contributed by atoms with Crippen LogP contribution in [-0.4, -0.2) is 28.4 Å². The molecule has 0 bridgehead atoms. The number of rotatable bonds is 6. The Kier molecular flexibility index (Phi) is 7.10. The molecule has 0 unspecified atom stereocenters. The molecule has 1 aromatic heterocycles. The number of anilines is 1. The van der Waals surface area contributed by atoms with Crippen molar-refractivity contribution in [3.05, 3.63) is 141 Å². The molecule has 1 aliphatic carbocycles. The lowest BCUT2D eigenvalue weighted by Gasteiger charge is -2.50. The van der Waals surface area contributed by atoms with E-state index < -0.39 is 39.5 Å². The zero-order chi connectivity index (χ0) is 33.8. The number of carbonyl (C=O) groups is 2. The summed E-state index contributed by atoms with van der Waals surface area (Å²) in [6, 6.07) is 32.4. The molecule has 10 heteroatoms. The highest BCUT2D eigenvalue weighted by molar-refractivity contribution is 6.14. The monoisotopic (exact) mass is 635 g/mol. The summed E-state index contributed by atoms with van der Waals surface area (Å²) in [5.74, 6) is -3.85. The lowest BCUT2D eigenvalue weighted by Crippen LogP contribution is -2.62. The van der Waals surface area contributed by atoms with Gasteiger partial charge in [0.1, 0.15) is 11.3 Å². The van der Waals surface area contributed by atoms with Crippen molar-refractivity contribution in [1.82, 2.24) is 4.98 Å². The number of hydrogen-bond acceptors (Lipinski definition) is 7. The van der Waals surface area contributed by atoms with Gasteiger partial charge in [0.15, 0.2) is 5.41 Å². The van der Waals surface area contributed by atoms with Crippen molar-refractivity contribution in [1.29, 1.82) is 10.5 Å². The molecule has 5 aromatic rings. The first kappa shape index (κ1) is 30.4. The van der Waals surface area contributed by atoms with Crippen LogP contribution in [0.3, 0.4) is 0 Å². The minimum atomic E-state index is -2.23. The van der Waals surface area contributed by atoms with Crippen LogP contribution in [0.15, 0.2) is 97.1 Å². The summed E-state index contributed by atoms with van der Waals surface area (Å²) < 4.78 is 5.71. The van der Waals surface area contributed by atoms with Crippen LogP contribution in [0.25, 0.3) is 10.9 Å². The molecular weight excluding hydrogens is 606 g/mol. The molecule has 1 aliphatic heterocycles. The number of nitrogens with one attached hydrogen (secondary N) is 1. The van der Waals surface area contributed by atoms with Gasteiger partial charge in [-0.3, -0.25) is 19.7 Å². The lowest BCUT2D eigenvalue weighted by atomic mass is 9.45. The molecule has 1 N–H and O–H groups in total. The number of esters is 1. The minimum absolute atomic E-state index is 0.00145. The molecule has 0 fully saturated rings. The summed E-state index contributed by atoms with van der Waals surface area (Å²) in [4.78, 5) is 46.1. The van der Waals surface area contributed by atoms with E-state index in [9.17, 15) is 25.4 Å². The quantitative estimate of drug-likeness (QED) is 0.124. The van der Waals surface area contributed by atoms with Crippen LogP contribution in [-0.2, 0) is 26.3 Å². The van der Waals surface area contributed by atoms with Crippen LogP contribution in [0.5, 0.6) is 0 Å². The van der Waals surface area contributed by atoms with E-state index in [0.717, 1.165) is 11.1 Å². The number of carbonyl (C=O) groups excluding carboxylic acids is 2. The van der Waals surface area contributed by atoms with Crippen LogP contribution in [0.1, 0.15) is 52.3 Å². The fourth-order valence-corrected chi connectivity index (χ4v) is 7.89. The Morgan fingerprint density at radius 3 is 2.35 bits per heavy atom. The summed E-state index contributed by atoms with van der Waals surface area (Å²) >= 11 is 0. The van der Waals surface area contributed by atoms with Gasteiger partial charge in [0.25, 0.3) is 5.69 Å². The van der Waals surface area contributed by atoms with Crippen LogP contribution in [0.2, 0.25) is 0 Å². The predicted molar refractivity (Wildman–Crippen MR) is 177 cm³/mol. The molecule has 2 aliphatic rings. The summed E-state index contributed by atoms with van der Waals surface area (Å²) in [6.07, 6.45) is 0. The Morgan fingerprint density at radius 2 is 1.69 bits per heavy atom. The number of nitro benzene ring substituents is 1. The van der Waals surface area contributed by atoms with Gasteiger partial charge in [-0.1, -0.05) is 78.4 Å². The number of aromatic nitrogens is 1. The highest BCUT2D eigenvalue weighted by Crippen LogP contribution is 2.68. The molecule has 236 valence electrons. The number of nitro groups is 1. The average Bonchev–Trinajstić information content (AvgIpc) is 3.58. The van der Waals surface area contributed by atoms with Gasteiger partial charge in [-0.15, -0.1) is 0 Å². The van der Waals surface area contributed by atoms with Crippen LogP contribution < -0.4 is 4.90 Å². The number of hydrogen-bond donors (Lipinski definition) is 1. The SMILES string of the molecule is CCOC(=O)[C@@H]1c2[nH]c3ccccc3c2[C@@H](c2ccc([N+](=O)[O-])cc2)C(C#N)(C#N)[C@@]12C(=O)N(Cc1ccccc1)c1ccc(C)cc12. The Morgan fingerprint density at radius 1 is 1.00 bits per heavy atom. The number of nitriles is 2. The molecule has 10 nitrogen and oxygen atoms in total. The number of fused-ring (bicyclic) bond motifs is 5. The van der Waals surface area contributed by atoms with Crippen molar-refractivity contribution in [2.45, 2.75) is 37.6 Å². The van der Waals surface area contributed by atoms with Crippen molar-refractivity contribution >= 4 is 34.2 Å². The van der Waals surface area contributed by atoms with Crippen LogP contribution in [0, 0.1) is 45.1 Å². The van der Waals surface area contributed by atoms with E-state index >= 15 is 4.79 Å². The number of para-hydroxylation sites is 1. The second-order valence-corrected chi connectivity index (χ2v) is 12.2. The van der Waals surface area contributed by atoms with E-state index in [1.165, 1.54) is 24.3 Å². The molecule has 0 saturated heterocycles. The maximum atomic E-state index is 15.6. The molecular formula is C38H29N5O5. The second-order valence-electron chi connectivity index (χ2n) is 12.2. The Labute approximate surface area is 275 Å². The largest absolute Gasteiger partial charge is 0.465 e. The third-order valence-corrected chi connectivity index (χ3v) is 9.79. The number of nitrogens with zero attached hydrogens (tertiary/aromatic N) is 4. The molecule has 48 heavy (non-hydrogen) atoms. The van der Waals surface area contributed by atoms with E-state index in [1.54, 1.807) is 24.0 Å². The number of ether oxygens (including phenoxy) is 1. The standard InChI is InChI=1S/C38H29N5O5/c1-3-48-35(44)33-34-31(27-11-7-8-12-29(27)41-34)32(25-14-16-26(17-15-25)43(46)47)37(21-39,22-40)38(33)28-19-23(2)13-18-30(28)42(36(38)45)20-24-9-5-4-6-10-24/h4-19,32-33,41H,3,20H2,1-2H3/t32-,33+,38-/m1/s1. The minimum Gasteiger partial charge on any atom is -0.465 e. The summed E-state index contributed by atoms with van der Waals surface area (Å²) in [7, 11) is 0. The van der Waals surface area contributed by atoms with E-state index in [-0.39, 0.29) is 18.8 Å². The normalized spacial score (nSPS) is 20.5. The zero-order valence-electron chi connectivity index (χ0n) is 26.1. The number of amides is 1. The molecule has 3 atom stereocenters. The van der Waals surface area contributed by atoms with E-state index in [1.807, 2.05) is 67.6 Å². The topological polar surface area (TPSA) is 153 Å². The molecule has 0 radical (unpaired) electrons. The van der Waals surface area contributed by atoms with Gasteiger partial charge in [0, 0.05) is 40.3 Å². The maximum Gasteiger partial charge on any atom is 0.316 e. The van der Waals surface area contributed by atoms with Gasteiger partial charge in [-0.25, -0.2) is 0 Å². The summed E-state index contributed by atoms with van der Waals surface area (Å²) in [5.41, 5.74) is -0.124. The fourth-order valence-electron chi connectivity index (χ4n) is 7.89. The lowest BCUT2D eigenvalue weighted by molar-refractivity contribution is -0.384. The second kappa shape index (κ2) is 11.2. The fraction of sp³-hybridized carbons (Fsp3) is 0.211. The summed E-state index contributed by atoms with van der Waals surface area (Å²) in [6.45, 7) is 3.64. The predicted octanol–water partition coefficient (Wildman–Crippen LogP) is 6.70. The van der Waals surface area contributed by atoms with E-state index in [0.29, 0.717) is 39.0 Å². The highest BCUT2D eigenvalue weighted by atomic mass is 16.6. The van der Waals surface area contributed by atoms with Crippen molar-refractivity contribution in [2.75, 3.05) is 11.5 Å². The van der Waals surface area contributed by atoms with Gasteiger partial charge >= 0.3 is 5.97 Å². The maximum absolute atomic E-state index is 15.6. The average molecular weight is 636 g/mol. The number of H-pyrrole nitrogens is 1. The molecule has 1 spiro atoms. The number of non-ortho nitro benzene ring substituents is 1. The van der Waals surface area contributed by atoms with Crippen LogP contribution in [0.4, 0.5) is 11.4 Å².